The monoisotopic (exact) mass is 222 g/mol. The summed E-state index contributed by atoms with van der Waals surface area (Å²) in [6, 6.07) is 4.40. The van der Waals surface area contributed by atoms with Gasteiger partial charge in [0, 0.05) is 13.3 Å². The molecule has 1 aromatic heterocycles. The fraction of sp³-hybridized carbons (Fsp3) is 0.300. The van der Waals surface area contributed by atoms with Crippen LogP contribution in [0.15, 0.2) is 18.3 Å². The Labute approximate surface area is 92.1 Å². The first-order valence-corrected chi connectivity index (χ1v) is 4.31. The summed E-state index contributed by atoms with van der Waals surface area (Å²) in [4.78, 5) is 15.1. The summed E-state index contributed by atoms with van der Waals surface area (Å²) in [6.07, 6.45) is 1.34. The summed E-state index contributed by atoms with van der Waals surface area (Å²) < 4.78 is 9.14. The Morgan fingerprint density at radius 3 is 2.81 bits per heavy atom. The van der Waals surface area contributed by atoms with Gasteiger partial charge in [-0.05, 0) is 12.1 Å². The number of hydrogen-bond donors (Lipinski definition) is 1. The maximum absolute atomic E-state index is 11.4. The number of ether oxygens (including phenoxy) is 2. The molecule has 0 radical (unpaired) electrons. The molecule has 1 aromatic rings. The quantitative estimate of drug-likeness (QED) is 0.445. The van der Waals surface area contributed by atoms with E-state index in [9.17, 15) is 9.90 Å². The molecule has 6 nitrogen and oxygen atoms in total. The lowest BCUT2D eigenvalue weighted by molar-refractivity contribution is -0.150. The molecule has 0 spiro atoms. The molecule has 0 aromatic carbocycles. The van der Waals surface area contributed by atoms with Gasteiger partial charge in [-0.3, -0.25) is 4.98 Å². The summed E-state index contributed by atoms with van der Waals surface area (Å²) in [5.74, 6) is -2.96. The van der Waals surface area contributed by atoms with Crippen LogP contribution < -0.4 is 0 Å². The van der Waals surface area contributed by atoms with E-state index in [1.165, 1.54) is 31.5 Å². The number of hydrogen-bond acceptors (Lipinski definition) is 6. The Morgan fingerprint density at radius 2 is 2.31 bits per heavy atom. The molecular weight excluding hydrogens is 212 g/mol. The third-order valence-corrected chi connectivity index (χ3v) is 1.98. The number of carbonyl (C=O) groups is 1. The second-order valence-electron chi connectivity index (χ2n) is 2.85. The molecule has 0 saturated carbocycles. The molecule has 1 rings (SSSR count). The summed E-state index contributed by atoms with van der Waals surface area (Å²) in [6.45, 7) is 0. The lowest BCUT2D eigenvalue weighted by Gasteiger charge is -2.19. The minimum atomic E-state index is -2.26. The van der Waals surface area contributed by atoms with Crippen LogP contribution in [0.5, 0.6) is 0 Å². The maximum Gasteiger partial charge on any atom is 0.339 e. The van der Waals surface area contributed by atoms with Crippen molar-refractivity contribution in [2.24, 2.45) is 0 Å². The van der Waals surface area contributed by atoms with Crippen LogP contribution in [-0.2, 0) is 15.3 Å². The van der Waals surface area contributed by atoms with Crippen molar-refractivity contribution in [1.82, 2.24) is 4.98 Å². The Bertz CT molecular complexity index is 441. The zero-order valence-corrected chi connectivity index (χ0v) is 8.80. The highest BCUT2D eigenvalue weighted by molar-refractivity contribution is 5.90. The largest absolute Gasteiger partial charge is 0.465 e. The molecule has 1 N–H and O–H groups in total. The zero-order chi connectivity index (χ0) is 12.2. The number of pyridine rings is 1. The van der Waals surface area contributed by atoms with Gasteiger partial charge in [0.1, 0.15) is 11.8 Å². The van der Waals surface area contributed by atoms with Gasteiger partial charge in [0.2, 0.25) is 0 Å². The zero-order valence-electron chi connectivity index (χ0n) is 8.80. The molecule has 0 amide bonds. The highest BCUT2D eigenvalue weighted by Crippen LogP contribution is 2.22. The van der Waals surface area contributed by atoms with Crippen LogP contribution in [-0.4, -0.2) is 30.3 Å². The fourth-order valence-electron chi connectivity index (χ4n) is 1.15. The van der Waals surface area contributed by atoms with Crippen molar-refractivity contribution in [1.29, 1.82) is 5.26 Å². The van der Waals surface area contributed by atoms with E-state index in [0.717, 1.165) is 7.11 Å². The summed E-state index contributed by atoms with van der Waals surface area (Å²) >= 11 is 0. The molecule has 0 bridgehead atoms. The summed E-state index contributed by atoms with van der Waals surface area (Å²) in [7, 11) is 2.33. The number of aliphatic hydroxyl groups is 1. The van der Waals surface area contributed by atoms with Gasteiger partial charge in [-0.25, -0.2) is 4.79 Å². The molecule has 6 heteroatoms. The van der Waals surface area contributed by atoms with Gasteiger partial charge in [0.15, 0.2) is 0 Å². The van der Waals surface area contributed by atoms with Gasteiger partial charge in [0.05, 0.1) is 12.7 Å². The predicted molar refractivity (Wildman–Crippen MR) is 52.1 cm³/mol. The summed E-state index contributed by atoms with van der Waals surface area (Å²) in [5.41, 5.74) is -0.206. The van der Waals surface area contributed by atoms with E-state index in [0.29, 0.717) is 0 Å². The molecule has 0 saturated heterocycles. The fourth-order valence-corrected chi connectivity index (χ4v) is 1.15. The van der Waals surface area contributed by atoms with E-state index in [4.69, 9.17) is 5.26 Å². The standard InChI is InChI=1S/C10H10N2O4/c1-15-9(13)7-4-3-5-12-8(7)10(14,6-11)16-2/h3-5,14H,1-2H3. The average molecular weight is 222 g/mol. The number of aromatic nitrogens is 1. The Balaban J connectivity index is 3.34. The van der Waals surface area contributed by atoms with Crippen molar-refractivity contribution >= 4 is 5.97 Å². The molecule has 1 heterocycles. The number of nitrogens with zero attached hydrogens (tertiary/aromatic N) is 2. The van der Waals surface area contributed by atoms with Crippen molar-refractivity contribution in [3.63, 3.8) is 0 Å². The minimum absolute atomic E-state index is 0.0177. The van der Waals surface area contributed by atoms with Gasteiger partial charge < -0.3 is 14.6 Å². The van der Waals surface area contributed by atoms with Gasteiger partial charge in [0.25, 0.3) is 0 Å². The Morgan fingerprint density at radius 1 is 1.62 bits per heavy atom. The molecule has 0 fully saturated rings. The highest BCUT2D eigenvalue weighted by atomic mass is 16.6. The van der Waals surface area contributed by atoms with Crippen molar-refractivity contribution < 1.29 is 19.4 Å². The van der Waals surface area contributed by atoms with Crippen molar-refractivity contribution in [2.45, 2.75) is 5.79 Å². The van der Waals surface area contributed by atoms with Crippen LogP contribution in [0.3, 0.4) is 0 Å². The molecule has 0 aliphatic carbocycles. The molecule has 1 atom stereocenters. The first-order chi connectivity index (χ1) is 7.59. The average Bonchev–Trinajstić information content (AvgIpc) is 2.37. The van der Waals surface area contributed by atoms with Crippen molar-refractivity contribution in [2.75, 3.05) is 14.2 Å². The van der Waals surface area contributed by atoms with E-state index in [-0.39, 0.29) is 11.3 Å². The Hall–Kier alpha value is -1.97. The number of esters is 1. The first-order valence-electron chi connectivity index (χ1n) is 4.31. The second-order valence-corrected chi connectivity index (χ2v) is 2.85. The highest BCUT2D eigenvalue weighted by Gasteiger charge is 2.35. The van der Waals surface area contributed by atoms with Crippen molar-refractivity contribution in [3.8, 4) is 6.07 Å². The molecule has 0 aliphatic rings. The molecular formula is C10H10N2O4. The lowest BCUT2D eigenvalue weighted by atomic mass is 10.1. The minimum Gasteiger partial charge on any atom is -0.465 e. The summed E-state index contributed by atoms with van der Waals surface area (Å²) in [5, 5.41) is 18.6. The second kappa shape index (κ2) is 4.70. The number of rotatable bonds is 3. The Kier molecular flexibility index (Phi) is 3.55. The third-order valence-electron chi connectivity index (χ3n) is 1.98. The van der Waals surface area contributed by atoms with E-state index >= 15 is 0 Å². The molecule has 16 heavy (non-hydrogen) atoms. The third kappa shape index (κ3) is 2.00. The number of nitriles is 1. The maximum atomic E-state index is 11.4. The van der Waals surface area contributed by atoms with Gasteiger partial charge in [-0.2, -0.15) is 5.26 Å². The smallest absolute Gasteiger partial charge is 0.339 e. The van der Waals surface area contributed by atoms with E-state index < -0.39 is 11.8 Å². The predicted octanol–water partition coefficient (Wildman–Crippen LogP) is 0.183. The molecule has 1 unspecified atom stereocenters. The first kappa shape index (κ1) is 12.1. The van der Waals surface area contributed by atoms with E-state index in [2.05, 4.69) is 14.5 Å². The molecule has 84 valence electrons. The number of methoxy groups -OCH3 is 2. The van der Waals surface area contributed by atoms with Crippen LogP contribution in [0.2, 0.25) is 0 Å². The van der Waals surface area contributed by atoms with Crippen molar-refractivity contribution in [3.05, 3.63) is 29.6 Å². The van der Waals surface area contributed by atoms with Gasteiger partial charge in [-0.1, -0.05) is 0 Å². The van der Waals surface area contributed by atoms with Crippen LogP contribution in [0.4, 0.5) is 0 Å². The van der Waals surface area contributed by atoms with Gasteiger partial charge in [-0.15, -0.1) is 0 Å². The number of carbonyl (C=O) groups excluding carboxylic acids is 1. The van der Waals surface area contributed by atoms with Crippen LogP contribution in [0.25, 0.3) is 0 Å². The SMILES string of the molecule is COC(=O)c1cccnc1C(O)(C#N)OC. The van der Waals surface area contributed by atoms with E-state index in [1.807, 2.05) is 0 Å². The lowest BCUT2D eigenvalue weighted by Crippen LogP contribution is -2.30. The normalized spacial score (nSPS) is 13.6. The van der Waals surface area contributed by atoms with Gasteiger partial charge >= 0.3 is 11.8 Å². The molecule has 0 aliphatic heterocycles. The van der Waals surface area contributed by atoms with Crippen LogP contribution in [0.1, 0.15) is 16.1 Å². The van der Waals surface area contributed by atoms with Crippen LogP contribution >= 0.6 is 0 Å². The van der Waals surface area contributed by atoms with E-state index in [1.54, 1.807) is 0 Å². The van der Waals surface area contributed by atoms with Crippen LogP contribution in [0, 0.1) is 11.3 Å². The topological polar surface area (TPSA) is 92.4 Å².